The lowest BCUT2D eigenvalue weighted by Crippen LogP contribution is -2.12. The molecule has 7 heteroatoms. The second-order valence-corrected chi connectivity index (χ2v) is 9.26. The number of ether oxygens (including phenoxy) is 1. The van der Waals surface area contributed by atoms with Gasteiger partial charge in [0.2, 0.25) is 0 Å². The molecule has 2 aromatic carbocycles. The Balaban J connectivity index is 1.43. The number of aryl methyl sites for hydroxylation is 2. The van der Waals surface area contributed by atoms with E-state index >= 15 is 0 Å². The van der Waals surface area contributed by atoms with Crippen LogP contribution >= 0.6 is 23.1 Å². The summed E-state index contributed by atoms with van der Waals surface area (Å²) >= 11 is 3.34. The van der Waals surface area contributed by atoms with Crippen molar-refractivity contribution < 1.29 is 4.74 Å². The van der Waals surface area contributed by atoms with Gasteiger partial charge in [0.05, 0.1) is 5.69 Å². The molecule has 1 atom stereocenters. The smallest absolute Gasteiger partial charge is 0.191 e. The van der Waals surface area contributed by atoms with Crippen LogP contribution in [-0.4, -0.2) is 19.7 Å². The van der Waals surface area contributed by atoms with Gasteiger partial charge in [-0.2, -0.15) is 0 Å². The van der Waals surface area contributed by atoms with Gasteiger partial charge in [0, 0.05) is 23.2 Å². The van der Waals surface area contributed by atoms with E-state index in [1.54, 1.807) is 23.1 Å². The molecule has 2 aromatic heterocycles. The molecule has 0 saturated heterocycles. The zero-order valence-electron chi connectivity index (χ0n) is 18.2. The minimum absolute atomic E-state index is 0.183. The van der Waals surface area contributed by atoms with Crippen molar-refractivity contribution in [3.63, 3.8) is 0 Å². The molecule has 0 aliphatic carbocycles. The monoisotopic (exact) mass is 450 g/mol. The van der Waals surface area contributed by atoms with E-state index in [0.29, 0.717) is 0 Å². The van der Waals surface area contributed by atoms with E-state index < -0.39 is 0 Å². The van der Waals surface area contributed by atoms with Crippen LogP contribution in [0.15, 0.2) is 59.1 Å². The van der Waals surface area contributed by atoms with E-state index in [1.807, 2.05) is 31.2 Å². The summed E-state index contributed by atoms with van der Waals surface area (Å²) in [4.78, 5) is 4.80. The average Bonchev–Trinajstić information content (AvgIpc) is 3.41. The van der Waals surface area contributed by atoms with Crippen LogP contribution < -0.4 is 4.74 Å². The topological polar surface area (TPSA) is 52.8 Å². The van der Waals surface area contributed by atoms with Gasteiger partial charge in [-0.1, -0.05) is 59.3 Å². The quantitative estimate of drug-likeness (QED) is 0.288. The summed E-state index contributed by atoms with van der Waals surface area (Å²) in [5.74, 6) is 2.43. The van der Waals surface area contributed by atoms with Crippen LogP contribution in [0.2, 0.25) is 0 Å². The summed E-state index contributed by atoms with van der Waals surface area (Å²) in [6.45, 7) is 9.07. The van der Waals surface area contributed by atoms with Crippen molar-refractivity contribution in [2.24, 2.45) is 0 Å². The van der Waals surface area contributed by atoms with Crippen LogP contribution in [0.25, 0.3) is 10.6 Å². The molecule has 0 radical (unpaired) electrons. The number of benzene rings is 2. The third-order valence-electron chi connectivity index (χ3n) is 4.96. The van der Waals surface area contributed by atoms with Crippen LogP contribution in [0.1, 0.15) is 42.6 Å². The van der Waals surface area contributed by atoms with Crippen LogP contribution in [-0.2, 0) is 12.3 Å². The van der Waals surface area contributed by atoms with Gasteiger partial charge in [-0.15, -0.1) is 21.5 Å². The van der Waals surface area contributed by atoms with Gasteiger partial charge in [-0.3, -0.25) is 0 Å². The lowest BCUT2D eigenvalue weighted by Gasteiger charge is -2.15. The number of thioether (sulfide) groups is 1. The highest BCUT2D eigenvalue weighted by Gasteiger charge is 2.19. The minimum atomic E-state index is -0.183. The second kappa shape index (κ2) is 9.66. The summed E-state index contributed by atoms with van der Waals surface area (Å²) in [7, 11) is 0. The van der Waals surface area contributed by atoms with Crippen molar-refractivity contribution in [3.8, 4) is 16.3 Å². The van der Waals surface area contributed by atoms with E-state index in [-0.39, 0.29) is 6.10 Å². The number of hydrogen-bond donors (Lipinski definition) is 0. The molecule has 0 amide bonds. The Labute approximate surface area is 191 Å². The number of hydrogen-bond acceptors (Lipinski definition) is 6. The van der Waals surface area contributed by atoms with Crippen LogP contribution in [0.5, 0.6) is 5.75 Å². The fourth-order valence-corrected chi connectivity index (χ4v) is 5.05. The van der Waals surface area contributed by atoms with Crippen molar-refractivity contribution in [2.75, 3.05) is 0 Å². The average molecular weight is 451 g/mol. The van der Waals surface area contributed by atoms with Crippen molar-refractivity contribution in [2.45, 2.75) is 51.3 Å². The van der Waals surface area contributed by atoms with Crippen LogP contribution in [0, 0.1) is 13.8 Å². The lowest BCUT2D eigenvalue weighted by molar-refractivity contribution is 0.210. The van der Waals surface area contributed by atoms with E-state index in [9.17, 15) is 0 Å². The zero-order valence-corrected chi connectivity index (χ0v) is 19.8. The molecule has 0 bridgehead atoms. The Bertz CT molecular complexity index is 1130. The van der Waals surface area contributed by atoms with Gasteiger partial charge < -0.3 is 9.30 Å². The van der Waals surface area contributed by atoms with E-state index in [1.165, 1.54) is 11.1 Å². The van der Waals surface area contributed by atoms with Crippen molar-refractivity contribution in [1.82, 2.24) is 19.7 Å². The van der Waals surface area contributed by atoms with Crippen LogP contribution in [0.3, 0.4) is 0 Å². The Kier molecular flexibility index (Phi) is 6.73. The Morgan fingerprint density at radius 2 is 1.68 bits per heavy atom. The van der Waals surface area contributed by atoms with Gasteiger partial charge in [0.25, 0.3) is 0 Å². The Morgan fingerprint density at radius 1 is 1.00 bits per heavy atom. The van der Waals surface area contributed by atoms with Gasteiger partial charge in [-0.25, -0.2) is 4.98 Å². The predicted molar refractivity (Wildman–Crippen MR) is 128 cm³/mol. The number of thiazole rings is 1. The number of nitrogens with zero attached hydrogens (tertiary/aromatic N) is 4. The van der Waals surface area contributed by atoms with Gasteiger partial charge in [0.1, 0.15) is 10.8 Å². The lowest BCUT2D eigenvalue weighted by atomic mass is 10.2. The molecule has 160 valence electrons. The molecule has 0 fully saturated rings. The van der Waals surface area contributed by atoms with Crippen molar-refractivity contribution in [1.29, 1.82) is 0 Å². The molecule has 0 saturated carbocycles. The number of aromatic nitrogens is 4. The highest BCUT2D eigenvalue weighted by molar-refractivity contribution is 7.98. The Hall–Kier alpha value is -2.64. The predicted octanol–water partition coefficient (Wildman–Crippen LogP) is 6.47. The fraction of sp³-hybridized carbons (Fsp3) is 0.292. The van der Waals surface area contributed by atoms with Crippen LogP contribution in [0.4, 0.5) is 0 Å². The van der Waals surface area contributed by atoms with Crippen molar-refractivity contribution in [3.05, 3.63) is 76.6 Å². The highest BCUT2D eigenvalue weighted by atomic mass is 32.2. The first kappa shape index (κ1) is 21.6. The first-order valence-electron chi connectivity index (χ1n) is 10.3. The summed E-state index contributed by atoms with van der Waals surface area (Å²) in [6.07, 6.45) is -0.183. The van der Waals surface area contributed by atoms with Gasteiger partial charge >= 0.3 is 0 Å². The second-order valence-electron chi connectivity index (χ2n) is 7.46. The molecular weight excluding hydrogens is 424 g/mol. The first-order valence-corrected chi connectivity index (χ1v) is 12.2. The summed E-state index contributed by atoms with van der Waals surface area (Å²) < 4.78 is 8.21. The fourth-order valence-electron chi connectivity index (χ4n) is 3.22. The van der Waals surface area contributed by atoms with Gasteiger partial charge in [0.15, 0.2) is 17.1 Å². The van der Waals surface area contributed by atoms with E-state index in [2.05, 4.69) is 65.2 Å². The third-order valence-corrected chi connectivity index (χ3v) is 6.90. The summed E-state index contributed by atoms with van der Waals surface area (Å²) in [6, 6.07) is 16.6. The maximum absolute atomic E-state index is 6.09. The van der Waals surface area contributed by atoms with Gasteiger partial charge in [-0.05, 0) is 39.8 Å². The highest BCUT2D eigenvalue weighted by Crippen LogP contribution is 2.29. The minimum Gasteiger partial charge on any atom is -0.483 e. The molecule has 5 nitrogen and oxygen atoms in total. The maximum atomic E-state index is 6.09. The normalized spacial score (nSPS) is 12.1. The molecule has 4 aromatic rings. The summed E-state index contributed by atoms with van der Waals surface area (Å²) in [5, 5.41) is 12.9. The van der Waals surface area contributed by atoms with E-state index in [0.717, 1.165) is 45.3 Å². The maximum Gasteiger partial charge on any atom is 0.191 e. The molecule has 31 heavy (non-hydrogen) atoms. The number of rotatable bonds is 8. The first-order chi connectivity index (χ1) is 15.0. The Morgan fingerprint density at radius 3 is 2.35 bits per heavy atom. The third kappa shape index (κ3) is 5.17. The molecule has 0 N–H and O–H groups in total. The SMILES string of the molecule is CCn1c(SCc2csc(-c3ccc(C)cc3)n2)nnc1C(C)Oc1ccc(C)cc1. The summed E-state index contributed by atoms with van der Waals surface area (Å²) in [5.41, 5.74) is 4.68. The largest absolute Gasteiger partial charge is 0.483 e. The molecular formula is C24H26N4OS2. The zero-order chi connectivity index (χ0) is 21.8. The standard InChI is InChI=1S/C24H26N4OS2/c1-5-28-22(18(4)29-21-12-8-17(3)9-13-21)26-27-24(28)31-15-20-14-30-23(25-20)19-10-6-16(2)7-11-19/h6-14,18H,5,15H2,1-4H3. The molecule has 4 rings (SSSR count). The molecule has 2 heterocycles. The molecule has 1 unspecified atom stereocenters. The molecule has 0 spiro atoms. The van der Waals surface area contributed by atoms with Crippen molar-refractivity contribution >= 4 is 23.1 Å². The van der Waals surface area contributed by atoms with E-state index in [4.69, 9.17) is 9.72 Å². The molecule has 0 aliphatic heterocycles. The molecule has 0 aliphatic rings.